The molecule has 0 aromatic heterocycles. The van der Waals surface area contributed by atoms with Crippen LogP contribution in [0.5, 0.6) is 0 Å². The standard InChI is InChI=1S/C15H19ClN2O2/c1-10-6-7-11(8-10)18-14(19)9-17-15(20)12-4-2-3-5-13(12)16/h2-5,10-11H,6-9H2,1H3,(H,17,20)(H,18,19). The predicted molar refractivity (Wildman–Crippen MR) is 78.7 cm³/mol. The lowest BCUT2D eigenvalue weighted by molar-refractivity contribution is -0.120. The van der Waals surface area contributed by atoms with Gasteiger partial charge in [0, 0.05) is 6.04 Å². The fraction of sp³-hybridized carbons (Fsp3) is 0.467. The van der Waals surface area contributed by atoms with Crippen molar-refractivity contribution in [2.75, 3.05) is 6.54 Å². The van der Waals surface area contributed by atoms with E-state index in [1.54, 1.807) is 24.3 Å². The molecular formula is C15H19ClN2O2. The molecule has 2 atom stereocenters. The number of hydrogen-bond acceptors (Lipinski definition) is 2. The van der Waals surface area contributed by atoms with Crippen LogP contribution in [-0.2, 0) is 4.79 Å². The highest BCUT2D eigenvalue weighted by Crippen LogP contribution is 2.24. The van der Waals surface area contributed by atoms with E-state index < -0.39 is 0 Å². The molecule has 5 heteroatoms. The third-order valence-corrected chi connectivity index (χ3v) is 3.92. The second kappa shape index (κ2) is 6.75. The van der Waals surface area contributed by atoms with E-state index in [9.17, 15) is 9.59 Å². The summed E-state index contributed by atoms with van der Waals surface area (Å²) in [5, 5.41) is 5.92. The van der Waals surface area contributed by atoms with Gasteiger partial charge in [0.15, 0.2) is 0 Å². The first-order valence-corrected chi connectivity index (χ1v) is 7.26. The number of benzene rings is 1. The van der Waals surface area contributed by atoms with Crippen molar-refractivity contribution in [2.24, 2.45) is 5.92 Å². The zero-order valence-corrected chi connectivity index (χ0v) is 12.2. The molecule has 1 aliphatic rings. The second-order valence-electron chi connectivity index (χ2n) is 5.35. The first-order valence-electron chi connectivity index (χ1n) is 6.88. The number of halogens is 1. The van der Waals surface area contributed by atoms with E-state index in [0.717, 1.165) is 19.3 Å². The van der Waals surface area contributed by atoms with Gasteiger partial charge in [-0.15, -0.1) is 0 Å². The Hall–Kier alpha value is -1.55. The van der Waals surface area contributed by atoms with Gasteiger partial charge < -0.3 is 10.6 Å². The molecule has 20 heavy (non-hydrogen) atoms. The van der Waals surface area contributed by atoms with E-state index in [-0.39, 0.29) is 24.4 Å². The molecule has 0 radical (unpaired) electrons. The monoisotopic (exact) mass is 294 g/mol. The summed E-state index contributed by atoms with van der Waals surface area (Å²) < 4.78 is 0. The van der Waals surface area contributed by atoms with Crippen LogP contribution in [0.3, 0.4) is 0 Å². The van der Waals surface area contributed by atoms with Crippen LogP contribution < -0.4 is 10.6 Å². The maximum Gasteiger partial charge on any atom is 0.253 e. The summed E-state index contributed by atoms with van der Waals surface area (Å²) in [6.07, 6.45) is 3.19. The van der Waals surface area contributed by atoms with Crippen LogP contribution >= 0.6 is 11.6 Å². The molecule has 2 rings (SSSR count). The van der Waals surface area contributed by atoms with Crippen molar-refractivity contribution in [3.8, 4) is 0 Å². The molecule has 1 aromatic carbocycles. The smallest absolute Gasteiger partial charge is 0.253 e. The van der Waals surface area contributed by atoms with Crippen LogP contribution in [0.1, 0.15) is 36.5 Å². The van der Waals surface area contributed by atoms with Crippen molar-refractivity contribution in [3.05, 3.63) is 34.9 Å². The first kappa shape index (κ1) is 14.9. The van der Waals surface area contributed by atoms with Gasteiger partial charge in [-0.1, -0.05) is 30.7 Å². The molecular weight excluding hydrogens is 276 g/mol. The van der Waals surface area contributed by atoms with E-state index in [1.807, 2.05) is 0 Å². The molecule has 1 fully saturated rings. The minimum Gasteiger partial charge on any atom is -0.352 e. The largest absolute Gasteiger partial charge is 0.352 e. The quantitative estimate of drug-likeness (QED) is 0.896. The zero-order valence-electron chi connectivity index (χ0n) is 11.5. The highest BCUT2D eigenvalue weighted by Gasteiger charge is 2.22. The van der Waals surface area contributed by atoms with Crippen LogP contribution in [0.4, 0.5) is 0 Å². The fourth-order valence-corrected chi connectivity index (χ4v) is 2.74. The van der Waals surface area contributed by atoms with Crippen LogP contribution in [0.15, 0.2) is 24.3 Å². The Morgan fingerprint density at radius 2 is 2.05 bits per heavy atom. The predicted octanol–water partition coefficient (Wildman–Crippen LogP) is 2.37. The van der Waals surface area contributed by atoms with Gasteiger partial charge in [0.2, 0.25) is 5.91 Å². The van der Waals surface area contributed by atoms with Crippen LogP contribution in [0, 0.1) is 5.92 Å². The molecule has 108 valence electrons. The molecule has 0 spiro atoms. The summed E-state index contributed by atoms with van der Waals surface area (Å²) >= 11 is 5.93. The molecule has 1 saturated carbocycles. The topological polar surface area (TPSA) is 58.2 Å². The summed E-state index contributed by atoms with van der Waals surface area (Å²) in [4.78, 5) is 23.7. The van der Waals surface area contributed by atoms with Gasteiger partial charge in [0.05, 0.1) is 17.1 Å². The molecule has 0 heterocycles. The third-order valence-electron chi connectivity index (χ3n) is 3.59. The molecule has 2 N–H and O–H groups in total. The van der Waals surface area contributed by atoms with Gasteiger partial charge >= 0.3 is 0 Å². The number of carbonyl (C=O) groups excluding carboxylic acids is 2. The number of amides is 2. The van der Waals surface area contributed by atoms with Gasteiger partial charge in [0.25, 0.3) is 5.91 Å². The Morgan fingerprint density at radius 3 is 2.70 bits per heavy atom. The first-order chi connectivity index (χ1) is 9.56. The molecule has 0 bridgehead atoms. The number of hydrogen-bond donors (Lipinski definition) is 2. The average Bonchev–Trinajstić information content (AvgIpc) is 2.82. The van der Waals surface area contributed by atoms with Crippen LogP contribution in [0.25, 0.3) is 0 Å². The van der Waals surface area contributed by atoms with E-state index in [2.05, 4.69) is 17.6 Å². The van der Waals surface area contributed by atoms with E-state index in [4.69, 9.17) is 11.6 Å². The minimum atomic E-state index is -0.328. The number of rotatable bonds is 4. The Morgan fingerprint density at radius 1 is 1.30 bits per heavy atom. The van der Waals surface area contributed by atoms with Gasteiger partial charge in [-0.3, -0.25) is 9.59 Å². The maximum atomic E-state index is 11.9. The summed E-state index contributed by atoms with van der Waals surface area (Å²) in [6.45, 7) is 2.17. The highest BCUT2D eigenvalue weighted by molar-refractivity contribution is 6.33. The summed E-state index contributed by atoms with van der Waals surface area (Å²) in [6, 6.07) is 7.02. The van der Waals surface area contributed by atoms with Gasteiger partial charge in [-0.2, -0.15) is 0 Å². The van der Waals surface area contributed by atoms with Gasteiger partial charge in [-0.25, -0.2) is 0 Å². The molecule has 0 aliphatic heterocycles. The fourth-order valence-electron chi connectivity index (χ4n) is 2.52. The van der Waals surface area contributed by atoms with Crippen molar-refractivity contribution in [2.45, 2.75) is 32.2 Å². The number of carbonyl (C=O) groups is 2. The van der Waals surface area contributed by atoms with Crippen molar-refractivity contribution in [1.29, 1.82) is 0 Å². The van der Waals surface area contributed by atoms with Crippen molar-refractivity contribution >= 4 is 23.4 Å². The molecule has 0 saturated heterocycles. The summed E-state index contributed by atoms with van der Waals surface area (Å²) in [5.41, 5.74) is 0.386. The minimum absolute atomic E-state index is 0.0189. The lowest BCUT2D eigenvalue weighted by Gasteiger charge is -2.13. The Kier molecular flexibility index (Phi) is 5.01. The van der Waals surface area contributed by atoms with Crippen molar-refractivity contribution in [3.63, 3.8) is 0 Å². The van der Waals surface area contributed by atoms with Crippen molar-refractivity contribution in [1.82, 2.24) is 10.6 Å². The molecule has 2 amide bonds. The van der Waals surface area contributed by atoms with Crippen molar-refractivity contribution < 1.29 is 9.59 Å². The Bertz CT molecular complexity index is 504. The Balaban J connectivity index is 1.79. The Labute approximate surface area is 123 Å². The molecule has 1 aliphatic carbocycles. The lowest BCUT2D eigenvalue weighted by atomic mass is 10.1. The lowest BCUT2D eigenvalue weighted by Crippen LogP contribution is -2.41. The number of nitrogens with one attached hydrogen (secondary N) is 2. The van der Waals surface area contributed by atoms with Gasteiger partial charge in [0.1, 0.15) is 0 Å². The van der Waals surface area contributed by atoms with E-state index in [0.29, 0.717) is 16.5 Å². The summed E-state index contributed by atoms with van der Waals surface area (Å²) in [5.74, 6) is 0.188. The summed E-state index contributed by atoms with van der Waals surface area (Å²) in [7, 11) is 0. The molecule has 4 nitrogen and oxygen atoms in total. The SMILES string of the molecule is CC1CCC(NC(=O)CNC(=O)c2ccccc2Cl)C1. The van der Waals surface area contributed by atoms with Gasteiger partial charge in [-0.05, 0) is 37.3 Å². The molecule has 2 unspecified atom stereocenters. The van der Waals surface area contributed by atoms with E-state index in [1.165, 1.54) is 0 Å². The highest BCUT2D eigenvalue weighted by atomic mass is 35.5. The second-order valence-corrected chi connectivity index (χ2v) is 5.75. The van der Waals surface area contributed by atoms with Crippen LogP contribution in [-0.4, -0.2) is 24.4 Å². The normalized spacial score (nSPS) is 21.5. The average molecular weight is 295 g/mol. The van der Waals surface area contributed by atoms with Crippen LogP contribution in [0.2, 0.25) is 5.02 Å². The third kappa shape index (κ3) is 3.97. The molecule has 1 aromatic rings. The maximum absolute atomic E-state index is 11.9. The van der Waals surface area contributed by atoms with E-state index >= 15 is 0 Å². The zero-order chi connectivity index (χ0) is 14.5.